The molecule has 4 heterocycles. The Kier molecular flexibility index (Phi) is 5.64. The Balaban J connectivity index is 1.36. The van der Waals surface area contributed by atoms with E-state index >= 15 is 0 Å². The number of hydrogen-bond donors (Lipinski definition) is 0. The van der Waals surface area contributed by atoms with Gasteiger partial charge in [0.25, 0.3) is 0 Å². The molecule has 1 aliphatic carbocycles. The minimum atomic E-state index is 0.466. The fourth-order valence-electron chi connectivity index (χ4n) is 6.99. The molecule has 3 aliphatic heterocycles. The quantitative estimate of drug-likeness (QED) is 0.750. The van der Waals surface area contributed by atoms with Crippen molar-refractivity contribution in [3.8, 4) is 0 Å². The second-order valence-corrected chi connectivity index (χ2v) is 10.3. The van der Waals surface area contributed by atoms with Gasteiger partial charge in [0.15, 0.2) is 0 Å². The summed E-state index contributed by atoms with van der Waals surface area (Å²) in [4.78, 5) is 22.7. The number of fused-ring (bicyclic) bond motifs is 4. The van der Waals surface area contributed by atoms with Crippen LogP contribution >= 0.6 is 0 Å². The van der Waals surface area contributed by atoms with Gasteiger partial charge in [-0.05, 0) is 62.0 Å². The van der Waals surface area contributed by atoms with Gasteiger partial charge < -0.3 is 4.90 Å². The number of amides is 1. The van der Waals surface area contributed by atoms with Gasteiger partial charge in [-0.3, -0.25) is 14.7 Å². The summed E-state index contributed by atoms with van der Waals surface area (Å²) in [7, 11) is 0. The molecule has 1 aromatic rings. The summed E-state index contributed by atoms with van der Waals surface area (Å²) < 4.78 is 0. The minimum Gasteiger partial charge on any atom is -0.336 e. The molecule has 4 nitrogen and oxygen atoms in total. The van der Waals surface area contributed by atoms with E-state index in [1.807, 2.05) is 6.20 Å². The predicted octanol–water partition coefficient (Wildman–Crippen LogP) is 4.56. The van der Waals surface area contributed by atoms with Gasteiger partial charge in [-0.15, -0.1) is 0 Å². The van der Waals surface area contributed by atoms with Crippen LogP contribution in [-0.2, 0) is 11.3 Å². The normalized spacial score (nSPS) is 33.6. The van der Waals surface area contributed by atoms with E-state index in [0.717, 1.165) is 44.1 Å². The standard InChI is InChI=1S/C25H37N3O/c1-18-20(9-6-12-26-18)15-27-16-21-14-22(17-27)24(13-19-7-3-2-4-8-19)28-23(21)10-5-11-25(28)29/h6,9,12,19,21-24H,2-5,7-8,10-11,13-17H2,1H3/t21-,22+,23+,24+/m1/s1. The Morgan fingerprint density at radius 1 is 1.07 bits per heavy atom. The maximum atomic E-state index is 13.0. The molecule has 1 amide bonds. The van der Waals surface area contributed by atoms with Gasteiger partial charge in [0, 0.05) is 50.0 Å². The first-order valence-electron chi connectivity index (χ1n) is 12.1. The summed E-state index contributed by atoms with van der Waals surface area (Å²) >= 11 is 0. The van der Waals surface area contributed by atoms with E-state index in [-0.39, 0.29) is 0 Å². The lowest BCUT2D eigenvalue weighted by Gasteiger charge is -2.57. The molecule has 0 spiro atoms. The molecule has 4 fully saturated rings. The van der Waals surface area contributed by atoms with Crippen molar-refractivity contribution in [3.63, 3.8) is 0 Å². The fraction of sp³-hybridized carbons (Fsp3) is 0.760. The molecule has 4 atom stereocenters. The van der Waals surface area contributed by atoms with E-state index in [9.17, 15) is 4.79 Å². The summed E-state index contributed by atoms with van der Waals surface area (Å²) in [6, 6.07) is 5.30. The van der Waals surface area contributed by atoms with Crippen molar-refractivity contribution in [2.45, 2.75) is 89.8 Å². The maximum absolute atomic E-state index is 13.0. The molecule has 158 valence electrons. The molecular formula is C25H37N3O. The first-order chi connectivity index (χ1) is 14.2. The molecule has 0 radical (unpaired) electrons. The SMILES string of the molecule is Cc1ncccc1CN1C[C@H]2C[C@@H](C1)[C@H](CC1CCCCC1)N1C(=O)CCC[C@@H]21. The van der Waals surface area contributed by atoms with E-state index in [1.54, 1.807) is 0 Å². The van der Waals surface area contributed by atoms with Crippen LogP contribution in [0.15, 0.2) is 18.3 Å². The van der Waals surface area contributed by atoms with Crippen LogP contribution in [0.5, 0.6) is 0 Å². The molecule has 4 heteroatoms. The Bertz CT molecular complexity index is 729. The van der Waals surface area contributed by atoms with Gasteiger partial charge in [0.2, 0.25) is 5.91 Å². The zero-order chi connectivity index (χ0) is 19.8. The highest BCUT2D eigenvalue weighted by Crippen LogP contribution is 2.44. The third kappa shape index (κ3) is 3.97. The lowest BCUT2D eigenvalue weighted by atomic mass is 9.69. The van der Waals surface area contributed by atoms with Crippen molar-refractivity contribution < 1.29 is 4.79 Å². The third-order valence-electron chi connectivity index (χ3n) is 8.38. The first-order valence-corrected chi connectivity index (χ1v) is 12.1. The van der Waals surface area contributed by atoms with Crippen LogP contribution in [0.4, 0.5) is 0 Å². The summed E-state index contributed by atoms with van der Waals surface area (Å²) in [5.41, 5.74) is 2.53. The highest BCUT2D eigenvalue weighted by molar-refractivity contribution is 5.78. The fourth-order valence-corrected chi connectivity index (χ4v) is 6.99. The van der Waals surface area contributed by atoms with Gasteiger partial charge in [-0.2, -0.15) is 0 Å². The van der Waals surface area contributed by atoms with Crippen LogP contribution in [0.2, 0.25) is 0 Å². The third-order valence-corrected chi connectivity index (χ3v) is 8.38. The predicted molar refractivity (Wildman–Crippen MR) is 115 cm³/mol. The minimum absolute atomic E-state index is 0.466. The zero-order valence-corrected chi connectivity index (χ0v) is 18.1. The van der Waals surface area contributed by atoms with Gasteiger partial charge in [-0.1, -0.05) is 38.2 Å². The smallest absolute Gasteiger partial charge is 0.223 e. The Morgan fingerprint density at radius 3 is 2.72 bits per heavy atom. The lowest BCUT2D eigenvalue weighted by molar-refractivity contribution is -0.154. The number of hydrogen-bond acceptors (Lipinski definition) is 3. The van der Waals surface area contributed by atoms with Crippen molar-refractivity contribution in [1.29, 1.82) is 0 Å². The van der Waals surface area contributed by atoms with Crippen molar-refractivity contribution in [2.24, 2.45) is 17.8 Å². The van der Waals surface area contributed by atoms with Crippen LogP contribution in [0, 0.1) is 24.7 Å². The molecule has 5 rings (SSSR count). The number of aromatic nitrogens is 1. The van der Waals surface area contributed by atoms with Gasteiger partial charge in [0.1, 0.15) is 0 Å². The zero-order valence-electron chi connectivity index (χ0n) is 18.1. The van der Waals surface area contributed by atoms with E-state index < -0.39 is 0 Å². The number of rotatable bonds is 4. The molecular weight excluding hydrogens is 358 g/mol. The van der Waals surface area contributed by atoms with Crippen molar-refractivity contribution in [2.75, 3.05) is 13.1 Å². The van der Waals surface area contributed by atoms with E-state index in [2.05, 4.69) is 33.8 Å². The van der Waals surface area contributed by atoms with Gasteiger partial charge in [0.05, 0.1) is 0 Å². The van der Waals surface area contributed by atoms with E-state index in [0.29, 0.717) is 29.8 Å². The van der Waals surface area contributed by atoms with Crippen molar-refractivity contribution in [1.82, 2.24) is 14.8 Å². The second kappa shape index (κ2) is 8.37. The molecule has 0 N–H and O–H groups in total. The molecule has 1 saturated carbocycles. The average molecular weight is 396 g/mol. The first kappa shape index (κ1) is 19.5. The van der Waals surface area contributed by atoms with Crippen molar-refractivity contribution in [3.05, 3.63) is 29.6 Å². The molecule has 1 aromatic heterocycles. The van der Waals surface area contributed by atoms with Crippen LogP contribution in [0.3, 0.4) is 0 Å². The number of aryl methyl sites for hydroxylation is 1. The number of likely N-dealkylation sites (tertiary alicyclic amines) is 1. The summed E-state index contributed by atoms with van der Waals surface area (Å²) in [5, 5.41) is 0. The van der Waals surface area contributed by atoms with Crippen LogP contribution in [-0.4, -0.2) is 45.9 Å². The summed E-state index contributed by atoms with van der Waals surface area (Å²) in [5.74, 6) is 2.63. The molecule has 4 aliphatic rings. The molecule has 2 bridgehead atoms. The average Bonchev–Trinajstić information content (AvgIpc) is 2.74. The van der Waals surface area contributed by atoms with Gasteiger partial charge >= 0.3 is 0 Å². The number of pyridine rings is 1. The van der Waals surface area contributed by atoms with Crippen LogP contribution < -0.4 is 0 Å². The Hall–Kier alpha value is -1.42. The summed E-state index contributed by atoms with van der Waals surface area (Å²) in [6.07, 6.45) is 14.6. The topological polar surface area (TPSA) is 36.4 Å². The largest absolute Gasteiger partial charge is 0.336 e. The number of carbonyl (C=O) groups excluding carboxylic acids is 1. The maximum Gasteiger partial charge on any atom is 0.223 e. The monoisotopic (exact) mass is 395 g/mol. The highest BCUT2D eigenvalue weighted by Gasteiger charge is 2.49. The lowest BCUT2D eigenvalue weighted by Crippen LogP contribution is -2.65. The number of piperidine rings is 3. The van der Waals surface area contributed by atoms with E-state index in [4.69, 9.17) is 0 Å². The number of nitrogens with zero attached hydrogens (tertiary/aromatic N) is 3. The van der Waals surface area contributed by atoms with Crippen LogP contribution in [0.1, 0.15) is 75.5 Å². The Morgan fingerprint density at radius 2 is 1.90 bits per heavy atom. The molecule has 0 unspecified atom stereocenters. The molecule has 29 heavy (non-hydrogen) atoms. The van der Waals surface area contributed by atoms with Crippen molar-refractivity contribution >= 4 is 5.91 Å². The van der Waals surface area contributed by atoms with Crippen LogP contribution in [0.25, 0.3) is 0 Å². The highest BCUT2D eigenvalue weighted by atomic mass is 16.2. The van der Waals surface area contributed by atoms with Gasteiger partial charge in [-0.25, -0.2) is 0 Å². The molecule has 3 saturated heterocycles. The van der Waals surface area contributed by atoms with E-state index in [1.165, 1.54) is 56.9 Å². The summed E-state index contributed by atoms with van der Waals surface area (Å²) in [6.45, 7) is 5.45. The number of carbonyl (C=O) groups is 1. The Labute approximate surface area is 176 Å². The second-order valence-electron chi connectivity index (χ2n) is 10.3. The molecule has 0 aromatic carbocycles.